The van der Waals surface area contributed by atoms with Crippen molar-refractivity contribution >= 4 is 5.78 Å². The lowest BCUT2D eigenvalue weighted by atomic mass is 10.1. The Kier molecular flexibility index (Phi) is 2.33. The van der Waals surface area contributed by atoms with Gasteiger partial charge in [0.2, 0.25) is 0 Å². The number of likely N-dealkylation sites (tertiary alicyclic amines) is 1. The summed E-state index contributed by atoms with van der Waals surface area (Å²) in [5.41, 5.74) is 0.161. The Morgan fingerprint density at radius 1 is 1.36 bits per heavy atom. The van der Waals surface area contributed by atoms with E-state index in [1.165, 1.54) is 0 Å². The molecule has 64 valence electrons. The second kappa shape index (κ2) is 2.94. The lowest BCUT2D eigenvalue weighted by molar-refractivity contribution is -0.120. The number of hydrogen-bond acceptors (Lipinski definition) is 2. The SMILES string of the molecule is CC.CN1CC(=O)C2(CC2)C1. The maximum absolute atomic E-state index is 11.1. The van der Waals surface area contributed by atoms with Crippen molar-refractivity contribution in [2.24, 2.45) is 5.41 Å². The second-order valence-corrected chi connectivity index (χ2v) is 3.38. The van der Waals surface area contributed by atoms with Gasteiger partial charge in [-0.25, -0.2) is 0 Å². The van der Waals surface area contributed by atoms with E-state index in [0.717, 1.165) is 19.4 Å². The van der Waals surface area contributed by atoms with Gasteiger partial charge in [-0.3, -0.25) is 9.69 Å². The highest BCUT2D eigenvalue weighted by Crippen LogP contribution is 2.49. The van der Waals surface area contributed by atoms with Crippen LogP contribution in [0.1, 0.15) is 26.7 Å². The van der Waals surface area contributed by atoms with Gasteiger partial charge in [-0.2, -0.15) is 0 Å². The summed E-state index contributed by atoms with van der Waals surface area (Å²) in [4.78, 5) is 13.2. The van der Waals surface area contributed by atoms with E-state index in [9.17, 15) is 4.79 Å². The maximum Gasteiger partial charge on any atom is 0.154 e. The Morgan fingerprint density at radius 3 is 2.09 bits per heavy atom. The quantitative estimate of drug-likeness (QED) is 0.525. The molecule has 0 unspecified atom stereocenters. The summed E-state index contributed by atoms with van der Waals surface area (Å²) < 4.78 is 0. The minimum atomic E-state index is 0.161. The number of nitrogens with zero attached hydrogens (tertiary/aromatic N) is 1. The third kappa shape index (κ3) is 1.45. The van der Waals surface area contributed by atoms with Gasteiger partial charge in [0.25, 0.3) is 0 Å². The van der Waals surface area contributed by atoms with Crippen molar-refractivity contribution < 1.29 is 4.79 Å². The summed E-state index contributed by atoms with van der Waals surface area (Å²) in [5.74, 6) is 0.477. The van der Waals surface area contributed by atoms with E-state index in [0.29, 0.717) is 12.3 Å². The van der Waals surface area contributed by atoms with Crippen LogP contribution in [0.5, 0.6) is 0 Å². The smallest absolute Gasteiger partial charge is 0.154 e. The summed E-state index contributed by atoms with van der Waals surface area (Å²) in [6.45, 7) is 5.71. The fourth-order valence-corrected chi connectivity index (χ4v) is 1.66. The molecule has 2 fully saturated rings. The van der Waals surface area contributed by atoms with Gasteiger partial charge in [-0.05, 0) is 19.9 Å². The zero-order chi connectivity index (χ0) is 8.48. The number of hydrogen-bond donors (Lipinski definition) is 0. The Morgan fingerprint density at radius 2 is 1.91 bits per heavy atom. The van der Waals surface area contributed by atoms with Gasteiger partial charge in [0.15, 0.2) is 5.78 Å². The van der Waals surface area contributed by atoms with Crippen molar-refractivity contribution in [2.45, 2.75) is 26.7 Å². The van der Waals surface area contributed by atoms with Gasteiger partial charge < -0.3 is 0 Å². The zero-order valence-electron chi connectivity index (χ0n) is 7.68. The molecule has 2 rings (SSSR count). The molecule has 0 amide bonds. The molecule has 0 aromatic carbocycles. The van der Waals surface area contributed by atoms with E-state index < -0.39 is 0 Å². The van der Waals surface area contributed by atoms with Crippen molar-refractivity contribution in [1.82, 2.24) is 4.90 Å². The highest BCUT2D eigenvalue weighted by atomic mass is 16.1. The molecule has 1 heterocycles. The number of rotatable bonds is 0. The van der Waals surface area contributed by atoms with Crippen molar-refractivity contribution in [1.29, 1.82) is 0 Å². The van der Waals surface area contributed by atoms with Crippen LogP contribution in [0.15, 0.2) is 0 Å². The van der Waals surface area contributed by atoms with Crippen molar-refractivity contribution in [2.75, 3.05) is 20.1 Å². The first-order chi connectivity index (χ1) is 5.23. The van der Waals surface area contributed by atoms with Crippen LogP contribution in [0.2, 0.25) is 0 Å². The number of carbonyl (C=O) groups excluding carboxylic acids is 1. The van der Waals surface area contributed by atoms with E-state index in [-0.39, 0.29) is 5.41 Å². The van der Waals surface area contributed by atoms with Crippen LogP contribution in [-0.4, -0.2) is 30.8 Å². The number of likely N-dealkylation sites (N-methyl/N-ethyl adjacent to an activating group) is 1. The Hall–Kier alpha value is -0.370. The molecule has 11 heavy (non-hydrogen) atoms. The number of ketones is 1. The molecule has 1 spiro atoms. The monoisotopic (exact) mass is 155 g/mol. The summed E-state index contributed by atoms with van der Waals surface area (Å²) in [5, 5.41) is 0. The highest BCUT2D eigenvalue weighted by Gasteiger charge is 2.53. The third-order valence-electron chi connectivity index (χ3n) is 2.43. The van der Waals surface area contributed by atoms with Crippen LogP contribution in [0.3, 0.4) is 0 Å². The van der Waals surface area contributed by atoms with Gasteiger partial charge >= 0.3 is 0 Å². The zero-order valence-corrected chi connectivity index (χ0v) is 7.68. The van der Waals surface area contributed by atoms with E-state index in [2.05, 4.69) is 4.90 Å². The maximum atomic E-state index is 11.1. The molecule has 1 saturated carbocycles. The van der Waals surface area contributed by atoms with Crippen LogP contribution < -0.4 is 0 Å². The molecule has 1 saturated heterocycles. The molecule has 0 bridgehead atoms. The van der Waals surface area contributed by atoms with Crippen molar-refractivity contribution in [3.8, 4) is 0 Å². The summed E-state index contributed by atoms with van der Waals surface area (Å²) in [6, 6.07) is 0. The molecule has 0 radical (unpaired) electrons. The Labute approximate surface area is 68.6 Å². The molecular weight excluding hydrogens is 138 g/mol. The molecule has 0 N–H and O–H groups in total. The molecule has 0 aromatic rings. The number of carbonyl (C=O) groups is 1. The molecule has 0 aromatic heterocycles. The van der Waals surface area contributed by atoms with Crippen LogP contribution in [0.4, 0.5) is 0 Å². The topological polar surface area (TPSA) is 20.3 Å². The van der Waals surface area contributed by atoms with E-state index >= 15 is 0 Å². The molecule has 2 heteroatoms. The average molecular weight is 155 g/mol. The fraction of sp³-hybridized carbons (Fsp3) is 0.889. The molecule has 1 aliphatic carbocycles. The summed E-state index contributed by atoms with van der Waals surface area (Å²) in [7, 11) is 2.02. The minimum absolute atomic E-state index is 0.161. The van der Waals surface area contributed by atoms with Crippen LogP contribution >= 0.6 is 0 Å². The molecular formula is C9H17NO. The van der Waals surface area contributed by atoms with Crippen molar-refractivity contribution in [3.05, 3.63) is 0 Å². The minimum Gasteiger partial charge on any atom is -0.298 e. The van der Waals surface area contributed by atoms with E-state index in [1.54, 1.807) is 0 Å². The average Bonchev–Trinajstić information content (AvgIpc) is 2.67. The van der Waals surface area contributed by atoms with Gasteiger partial charge in [0, 0.05) is 12.0 Å². The normalized spacial score (nSPS) is 26.6. The second-order valence-electron chi connectivity index (χ2n) is 3.38. The van der Waals surface area contributed by atoms with Crippen molar-refractivity contribution in [3.63, 3.8) is 0 Å². The highest BCUT2D eigenvalue weighted by molar-refractivity contribution is 5.91. The largest absolute Gasteiger partial charge is 0.298 e. The molecule has 1 aliphatic heterocycles. The third-order valence-corrected chi connectivity index (χ3v) is 2.43. The predicted octanol–water partition coefficient (Wildman–Crippen LogP) is 1.31. The first kappa shape index (κ1) is 8.72. The van der Waals surface area contributed by atoms with Gasteiger partial charge in [0.1, 0.15) is 0 Å². The van der Waals surface area contributed by atoms with Gasteiger partial charge in [-0.1, -0.05) is 13.8 Å². The molecule has 2 nitrogen and oxygen atoms in total. The van der Waals surface area contributed by atoms with E-state index in [1.807, 2.05) is 20.9 Å². The van der Waals surface area contributed by atoms with Crippen LogP contribution in [-0.2, 0) is 4.79 Å². The first-order valence-electron chi connectivity index (χ1n) is 4.45. The van der Waals surface area contributed by atoms with Gasteiger partial charge in [0.05, 0.1) is 6.54 Å². The summed E-state index contributed by atoms with van der Waals surface area (Å²) >= 11 is 0. The number of Topliss-reactive ketones (excluding diaryl/α,β-unsaturated/α-hetero) is 1. The standard InChI is InChI=1S/C7H11NO.C2H6/c1-8-4-6(9)7(5-8)2-3-7;1-2/h2-5H2,1H3;1-2H3. The Balaban J connectivity index is 0.000000281. The van der Waals surface area contributed by atoms with E-state index in [4.69, 9.17) is 0 Å². The predicted molar refractivity (Wildman–Crippen MR) is 45.5 cm³/mol. The van der Waals surface area contributed by atoms with Crippen LogP contribution in [0, 0.1) is 5.41 Å². The Bertz CT molecular complexity index is 161. The molecule has 2 aliphatic rings. The first-order valence-corrected chi connectivity index (χ1v) is 4.45. The fourth-order valence-electron chi connectivity index (χ4n) is 1.66. The summed E-state index contributed by atoms with van der Waals surface area (Å²) in [6.07, 6.45) is 2.30. The lowest BCUT2D eigenvalue weighted by Gasteiger charge is -2.03. The van der Waals surface area contributed by atoms with Gasteiger partial charge in [-0.15, -0.1) is 0 Å². The van der Waals surface area contributed by atoms with Crippen LogP contribution in [0.25, 0.3) is 0 Å². The lowest BCUT2D eigenvalue weighted by Crippen LogP contribution is -2.14. The molecule has 0 atom stereocenters.